The minimum absolute atomic E-state index is 0.185. The van der Waals surface area contributed by atoms with Crippen molar-refractivity contribution in [1.82, 2.24) is 4.98 Å². The first-order valence-electron chi connectivity index (χ1n) is 11.9. The Hall–Kier alpha value is -2.25. The van der Waals surface area contributed by atoms with Crippen molar-refractivity contribution < 1.29 is 9.53 Å². The molecule has 0 N–H and O–H groups in total. The minimum Gasteiger partial charge on any atom is -0.466 e. The molecule has 0 fully saturated rings. The van der Waals surface area contributed by atoms with E-state index < -0.39 is 0 Å². The van der Waals surface area contributed by atoms with Crippen molar-refractivity contribution in [3.8, 4) is 11.8 Å². The number of unbranched alkanes of at least 4 members (excludes halogenated alkanes) is 3. The molecule has 0 saturated carbocycles. The molecule has 0 bridgehead atoms. The van der Waals surface area contributed by atoms with E-state index in [1.807, 2.05) is 30.8 Å². The molecule has 0 radical (unpaired) electrons. The van der Waals surface area contributed by atoms with Crippen molar-refractivity contribution in [3.63, 3.8) is 0 Å². The van der Waals surface area contributed by atoms with E-state index in [1.165, 1.54) is 53.9 Å². The van der Waals surface area contributed by atoms with Gasteiger partial charge in [-0.05, 0) is 78.2 Å². The lowest BCUT2D eigenvalue weighted by atomic mass is 9.80. The molecule has 170 valence electrons. The zero-order valence-corrected chi connectivity index (χ0v) is 20.7. The van der Waals surface area contributed by atoms with Crippen LogP contribution in [0.1, 0.15) is 87.7 Å². The number of esters is 1. The minimum atomic E-state index is -0.226. The highest BCUT2D eigenvalue weighted by Crippen LogP contribution is 2.42. The second-order valence-electron chi connectivity index (χ2n) is 9.08. The Morgan fingerprint density at radius 1 is 1.16 bits per heavy atom. The molecule has 0 unspecified atom stereocenters. The normalized spacial score (nSPS) is 14.2. The predicted molar refractivity (Wildman–Crippen MR) is 133 cm³/mol. The monoisotopic (exact) mass is 449 g/mol. The van der Waals surface area contributed by atoms with Crippen LogP contribution in [0.15, 0.2) is 35.4 Å². The van der Waals surface area contributed by atoms with Gasteiger partial charge in [0, 0.05) is 16.7 Å². The lowest BCUT2D eigenvalue weighted by molar-refractivity contribution is -0.142. The Labute approximate surface area is 197 Å². The van der Waals surface area contributed by atoms with Crippen LogP contribution in [0.4, 0.5) is 0 Å². The third-order valence-corrected chi connectivity index (χ3v) is 7.08. The Kier molecular flexibility index (Phi) is 8.82. The standard InChI is InChI=1S/C28H35NO2S/c1-5-7-8-9-10-22-19-26-25(28(3,4)15-16-32-26)18-23(22)12-14-24-13-11-21(20-29-24)17-27(30)31-6-2/h11,13,18-20H,5-10,15-17H2,1-4H3. The molecule has 2 aromatic rings. The highest BCUT2D eigenvalue weighted by Gasteiger charge is 2.28. The molecule has 4 heteroatoms. The van der Waals surface area contributed by atoms with Crippen LogP contribution < -0.4 is 0 Å². The number of aryl methyl sites for hydroxylation is 1. The highest BCUT2D eigenvalue weighted by atomic mass is 32.2. The van der Waals surface area contributed by atoms with Gasteiger partial charge in [-0.15, -0.1) is 11.8 Å². The largest absolute Gasteiger partial charge is 0.466 e. The fourth-order valence-electron chi connectivity index (χ4n) is 4.00. The van der Waals surface area contributed by atoms with Gasteiger partial charge in [0.1, 0.15) is 5.69 Å². The lowest BCUT2D eigenvalue weighted by Gasteiger charge is -2.32. The number of benzene rings is 1. The number of rotatable bonds is 8. The summed E-state index contributed by atoms with van der Waals surface area (Å²) in [5.41, 5.74) is 5.67. The van der Waals surface area contributed by atoms with Gasteiger partial charge in [0.05, 0.1) is 13.0 Å². The second kappa shape index (κ2) is 11.6. The maximum atomic E-state index is 11.7. The molecule has 1 aromatic heterocycles. The number of nitrogens with zero attached hydrogens (tertiary/aromatic N) is 1. The molecule has 0 saturated heterocycles. The van der Waals surface area contributed by atoms with Crippen molar-refractivity contribution in [3.05, 3.63) is 58.4 Å². The van der Waals surface area contributed by atoms with E-state index in [0.717, 1.165) is 23.2 Å². The van der Waals surface area contributed by atoms with Gasteiger partial charge in [0.2, 0.25) is 0 Å². The highest BCUT2D eigenvalue weighted by molar-refractivity contribution is 7.99. The molecule has 1 aliphatic rings. The van der Waals surface area contributed by atoms with Gasteiger partial charge in [0.25, 0.3) is 0 Å². The zero-order valence-electron chi connectivity index (χ0n) is 19.9. The van der Waals surface area contributed by atoms with Crippen LogP contribution in [0.2, 0.25) is 0 Å². The summed E-state index contributed by atoms with van der Waals surface area (Å²) < 4.78 is 5.01. The van der Waals surface area contributed by atoms with Crippen molar-refractivity contribution in [1.29, 1.82) is 0 Å². The molecule has 1 aromatic carbocycles. The first-order chi connectivity index (χ1) is 15.4. The average Bonchev–Trinajstić information content (AvgIpc) is 2.76. The smallest absolute Gasteiger partial charge is 0.310 e. The van der Waals surface area contributed by atoms with Crippen LogP contribution in [0.25, 0.3) is 0 Å². The molecule has 3 nitrogen and oxygen atoms in total. The third-order valence-electron chi connectivity index (χ3n) is 6.02. The van der Waals surface area contributed by atoms with E-state index in [9.17, 15) is 4.79 Å². The summed E-state index contributed by atoms with van der Waals surface area (Å²) in [6.45, 7) is 9.14. The Morgan fingerprint density at radius 3 is 2.72 bits per heavy atom. The van der Waals surface area contributed by atoms with E-state index in [1.54, 1.807) is 6.20 Å². The fourth-order valence-corrected chi connectivity index (χ4v) is 5.55. The second-order valence-corrected chi connectivity index (χ2v) is 10.2. The number of ether oxygens (including phenoxy) is 1. The van der Waals surface area contributed by atoms with E-state index in [-0.39, 0.29) is 17.8 Å². The van der Waals surface area contributed by atoms with Crippen LogP contribution in [0, 0.1) is 11.8 Å². The van der Waals surface area contributed by atoms with Crippen LogP contribution in [-0.2, 0) is 27.8 Å². The summed E-state index contributed by atoms with van der Waals surface area (Å²) in [5.74, 6) is 7.64. The Morgan fingerprint density at radius 2 is 2.00 bits per heavy atom. The summed E-state index contributed by atoms with van der Waals surface area (Å²) in [4.78, 5) is 17.5. The number of thioether (sulfide) groups is 1. The Bertz CT molecular complexity index is 983. The zero-order chi connectivity index (χ0) is 23.0. The predicted octanol–water partition coefficient (Wildman–Crippen LogP) is 6.48. The van der Waals surface area contributed by atoms with Crippen molar-refractivity contribution in [2.45, 2.75) is 83.0 Å². The van der Waals surface area contributed by atoms with Crippen LogP contribution in [0.3, 0.4) is 0 Å². The van der Waals surface area contributed by atoms with Crippen molar-refractivity contribution in [2.75, 3.05) is 12.4 Å². The number of fused-ring (bicyclic) bond motifs is 1. The number of carbonyl (C=O) groups is 1. The first-order valence-corrected chi connectivity index (χ1v) is 12.8. The maximum Gasteiger partial charge on any atom is 0.310 e. The van der Waals surface area contributed by atoms with Crippen LogP contribution >= 0.6 is 11.8 Å². The summed E-state index contributed by atoms with van der Waals surface area (Å²) >= 11 is 1.98. The number of aromatic nitrogens is 1. The molecule has 32 heavy (non-hydrogen) atoms. The summed E-state index contributed by atoms with van der Waals surface area (Å²) in [6, 6.07) is 8.53. The first kappa shape index (κ1) is 24.4. The van der Waals surface area contributed by atoms with Gasteiger partial charge in [-0.1, -0.05) is 52.0 Å². The number of hydrogen-bond acceptors (Lipinski definition) is 4. The lowest BCUT2D eigenvalue weighted by Crippen LogP contribution is -2.23. The van der Waals surface area contributed by atoms with Crippen LogP contribution in [0.5, 0.6) is 0 Å². The summed E-state index contributed by atoms with van der Waals surface area (Å²) in [6.07, 6.45) is 9.24. The molecular weight excluding hydrogens is 414 g/mol. The van der Waals surface area contributed by atoms with Crippen molar-refractivity contribution in [2.24, 2.45) is 0 Å². The molecule has 0 atom stereocenters. The maximum absolute atomic E-state index is 11.7. The number of carbonyl (C=O) groups excluding carboxylic acids is 1. The third kappa shape index (κ3) is 6.62. The summed E-state index contributed by atoms with van der Waals surface area (Å²) in [7, 11) is 0. The van der Waals surface area contributed by atoms with Gasteiger partial charge < -0.3 is 4.74 Å². The fraction of sp³-hybridized carbons (Fsp3) is 0.500. The average molecular weight is 450 g/mol. The summed E-state index contributed by atoms with van der Waals surface area (Å²) in [5, 5.41) is 0. The van der Waals surface area contributed by atoms with Gasteiger partial charge in [0.15, 0.2) is 0 Å². The molecular formula is C28H35NO2S. The van der Waals surface area contributed by atoms with Gasteiger partial charge in [-0.25, -0.2) is 4.98 Å². The van der Waals surface area contributed by atoms with Crippen LogP contribution in [-0.4, -0.2) is 23.3 Å². The molecule has 0 spiro atoms. The van der Waals surface area contributed by atoms with E-state index >= 15 is 0 Å². The molecule has 3 rings (SSSR count). The van der Waals surface area contributed by atoms with E-state index in [0.29, 0.717) is 6.61 Å². The number of hydrogen-bond donors (Lipinski definition) is 0. The molecule has 2 heterocycles. The Balaban J connectivity index is 1.84. The van der Waals surface area contributed by atoms with Gasteiger partial charge >= 0.3 is 5.97 Å². The quantitative estimate of drug-likeness (QED) is 0.262. The topological polar surface area (TPSA) is 39.2 Å². The van der Waals surface area contributed by atoms with Gasteiger partial charge in [-0.3, -0.25) is 4.79 Å². The number of pyridine rings is 1. The SMILES string of the molecule is CCCCCCc1cc2c(cc1C#Cc1ccc(CC(=O)OCC)cn1)C(C)(C)CCS2. The van der Waals surface area contributed by atoms with E-state index in [2.05, 4.69) is 49.7 Å². The molecule has 0 amide bonds. The molecule has 0 aliphatic carbocycles. The van der Waals surface area contributed by atoms with E-state index in [4.69, 9.17) is 4.74 Å². The molecule has 1 aliphatic heterocycles. The van der Waals surface area contributed by atoms with Gasteiger partial charge in [-0.2, -0.15) is 0 Å². The van der Waals surface area contributed by atoms with Crippen molar-refractivity contribution >= 4 is 17.7 Å².